The molecule has 1 aliphatic heterocycles. The molecule has 5 rings (SSSR count). The number of aromatic nitrogens is 2. The maximum Gasteiger partial charge on any atom is 0.240 e. The van der Waals surface area contributed by atoms with Gasteiger partial charge in [0, 0.05) is 29.9 Å². The lowest BCUT2D eigenvalue weighted by Gasteiger charge is -2.41. The van der Waals surface area contributed by atoms with Gasteiger partial charge in [-0.05, 0) is 61.2 Å². The Labute approximate surface area is 214 Å². The summed E-state index contributed by atoms with van der Waals surface area (Å²) in [4.78, 5) is 27.8. The minimum Gasteiger partial charge on any atom is -0.383 e. The van der Waals surface area contributed by atoms with E-state index in [1.54, 1.807) is 11.3 Å². The summed E-state index contributed by atoms with van der Waals surface area (Å²) in [6, 6.07) is 20.1. The van der Waals surface area contributed by atoms with Crippen LogP contribution in [0.3, 0.4) is 0 Å². The van der Waals surface area contributed by atoms with Crippen molar-refractivity contribution in [1.82, 2.24) is 19.8 Å². The Kier molecular flexibility index (Phi) is 7.27. The molecule has 35 heavy (non-hydrogen) atoms. The summed E-state index contributed by atoms with van der Waals surface area (Å²) >= 11 is 7.72. The third-order valence-corrected chi connectivity index (χ3v) is 7.86. The molecule has 1 amide bonds. The predicted octanol–water partition coefficient (Wildman–Crippen LogP) is 4.82. The van der Waals surface area contributed by atoms with Gasteiger partial charge in [0.2, 0.25) is 5.91 Å². The maximum atomic E-state index is 13.7. The molecule has 1 aliphatic rings. The molecule has 0 saturated carbocycles. The number of piperazine rings is 1. The van der Waals surface area contributed by atoms with Gasteiger partial charge in [-0.3, -0.25) is 9.69 Å². The summed E-state index contributed by atoms with van der Waals surface area (Å²) in [7, 11) is 0. The Morgan fingerprint density at radius 3 is 2.69 bits per heavy atom. The van der Waals surface area contributed by atoms with Crippen molar-refractivity contribution < 1.29 is 4.79 Å². The first-order valence-electron chi connectivity index (χ1n) is 11.9. The number of nitrogen functional groups attached to an aromatic ring is 1. The van der Waals surface area contributed by atoms with Crippen LogP contribution < -0.4 is 5.73 Å². The highest BCUT2D eigenvalue weighted by atomic mass is 35.5. The second-order valence-electron chi connectivity index (χ2n) is 8.92. The Morgan fingerprint density at radius 2 is 1.89 bits per heavy atom. The van der Waals surface area contributed by atoms with Crippen LogP contribution >= 0.6 is 22.9 Å². The van der Waals surface area contributed by atoms with E-state index in [4.69, 9.17) is 17.3 Å². The summed E-state index contributed by atoms with van der Waals surface area (Å²) in [5.74, 6) is 0.653. The summed E-state index contributed by atoms with van der Waals surface area (Å²) in [6.07, 6.45) is 4.17. The van der Waals surface area contributed by atoms with Crippen molar-refractivity contribution in [3.8, 4) is 0 Å². The molecule has 4 aromatic rings. The number of hydrogen-bond donors (Lipinski definition) is 1. The minimum atomic E-state index is -0.170. The second kappa shape index (κ2) is 10.7. The van der Waals surface area contributed by atoms with Crippen LogP contribution in [0.25, 0.3) is 10.9 Å². The van der Waals surface area contributed by atoms with Crippen molar-refractivity contribution in [3.63, 3.8) is 0 Å². The number of carbonyl (C=O) groups is 1. The summed E-state index contributed by atoms with van der Waals surface area (Å²) < 4.78 is 0.827. The summed E-state index contributed by atoms with van der Waals surface area (Å²) in [5.41, 5.74) is 9.00. The number of fused-ring (bicyclic) bond motifs is 1. The molecule has 2 aromatic carbocycles. The Morgan fingerprint density at radius 1 is 1.03 bits per heavy atom. The lowest BCUT2D eigenvalue weighted by molar-refractivity contribution is -0.142. The highest BCUT2D eigenvalue weighted by Gasteiger charge is 2.34. The van der Waals surface area contributed by atoms with Gasteiger partial charge in [0.1, 0.15) is 12.1 Å². The van der Waals surface area contributed by atoms with E-state index < -0.39 is 0 Å². The van der Waals surface area contributed by atoms with Gasteiger partial charge in [-0.2, -0.15) is 0 Å². The summed E-state index contributed by atoms with van der Waals surface area (Å²) in [6.45, 7) is 3.01. The van der Waals surface area contributed by atoms with Crippen LogP contribution in [0, 0.1) is 0 Å². The van der Waals surface area contributed by atoms with Crippen molar-refractivity contribution in [3.05, 3.63) is 87.3 Å². The zero-order valence-corrected chi connectivity index (χ0v) is 21.0. The van der Waals surface area contributed by atoms with Gasteiger partial charge >= 0.3 is 0 Å². The molecule has 3 heterocycles. The molecule has 1 fully saturated rings. The van der Waals surface area contributed by atoms with Crippen molar-refractivity contribution in [2.45, 2.75) is 31.8 Å². The first-order valence-corrected chi connectivity index (χ1v) is 13.1. The average Bonchev–Trinajstić information content (AvgIpc) is 3.28. The molecule has 0 spiro atoms. The third kappa shape index (κ3) is 5.64. The van der Waals surface area contributed by atoms with Gasteiger partial charge < -0.3 is 10.6 Å². The number of thiophene rings is 1. The molecule has 2 aromatic heterocycles. The van der Waals surface area contributed by atoms with Gasteiger partial charge in [0.25, 0.3) is 0 Å². The van der Waals surface area contributed by atoms with Crippen LogP contribution in [-0.4, -0.2) is 51.4 Å². The largest absolute Gasteiger partial charge is 0.383 e. The van der Waals surface area contributed by atoms with Crippen LogP contribution in [0.4, 0.5) is 5.82 Å². The zero-order valence-electron chi connectivity index (χ0n) is 19.4. The first-order chi connectivity index (χ1) is 17.1. The first kappa shape index (κ1) is 23.7. The fourth-order valence-corrected chi connectivity index (χ4v) is 5.87. The zero-order chi connectivity index (χ0) is 24.2. The molecule has 6 nitrogen and oxygen atoms in total. The Balaban J connectivity index is 1.30. The number of benzene rings is 2. The molecule has 0 bridgehead atoms. The number of hydrogen-bond acceptors (Lipinski definition) is 6. The van der Waals surface area contributed by atoms with E-state index in [2.05, 4.69) is 33.1 Å². The normalized spacial score (nSPS) is 16.8. The van der Waals surface area contributed by atoms with Crippen molar-refractivity contribution in [1.29, 1.82) is 0 Å². The third-order valence-electron chi connectivity index (χ3n) is 6.57. The van der Waals surface area contributed by atoms with Gasteiger partial charge in [0.05, 0.1) is 15.9 Å². The van der Waals surface area contributed by atoms with Gasteiger partial charge in [-0.15, -0.1) is 11.3 Å². The summed E-state index contributed by atoms with van der Waals surface area (Å²) in [5, 5.41) is 0.835. The van der Waals surface area contributed by atoms with Crippen LogP contribution in [0.5, 0.6) is 0 Å². The molecule has 180 valence electrons. The van der Waals surface area contributed by atoms with Gasteiger partial charge in [-0.1, -0.05) is 48.0 Å². The van der Waals surface area contributed by atoms with Crippen LogP contribution in [0.15, 0.2) is 67.0 Å². The molecular weight excluding hydrogens is 478 g/mol. The second-order valence-corrected chi connectivity index (χ2v) is 10.7. The molecule has 0 radical (unpaired) electrons. The number of aryl methyl sites for hydroxylation is 1. The lowest BCUT2D eigenvalue weighted by Crippen LogP contribution is -2.57. The molecule has 2 N–H and O–H groups in total. The fraction of sp³-hybridized carbons (Fsp3) is 0.296. The number of anilines is 1. The quantitative estimate of drug-likeness (QED) is 0.372. The highest BCUT2D eigenvalue weighted by Crippen LogP contribution is 2.24. The van der Waals surface area contributed by atoms with E-state index in [-0.39, 0.29) is 11.9 Å². The smallest absolute Gasteiger partial charge is 0.240 e. The highest BCUT2D eigenvalue weighted by molar-refractivity contribution is 7.16. The van der Waals surface area contributed by atoms with E-state index in [9.17, 15) is 4.79 Å². The van der Waals surface area contributed by atoms with Crippen molar-refractivity contribution in [2.75, 3.05) is 25.4 Å². The number of halogens is 1. The fourth-order valence-electron chi connectivity index (χ4n) is 4.75. The SMILES string of the molecule is Nc1ncnc2cc(CN3CCN(CCCc4ccc(Cl)s4)C(Cc4ccccc4)C3=O)ccc12. The molecule has 8 heteroatoms. The van der Waals surface area contributed by atoms with Crippen LogP contribution in [-0.2, 0) is 24.2 Å². The molecule has 1 unspecified atom stereocenters. The van der Waals surface area contributed by atoms with E-state index >= 15 is 0 Å². The molecular formula is C27H28ClN5OS. The minimum absolute atomic E-state index is 0.170. The van der Waals surface area contributed by atoms with Crippen LogP contribution in [0.1, 0.15) is 22.4 Å². The Bertz CT molecular complexity index is 1310. The standard InChI is InChI=1S/C27H28ClN5OS/c28-25-11-9-21(35-25)7-4-12-32-13-14-33(27(34)24(32)16-19-5-2-1-3-6-19)17-20-8-10-22-23(15-20)30-18-31-26(22)29/h1-3,5-6,8-11,15,18,24H,4,7,12-14,16-17H2,(H2,29,30,31). The average molecular weight is 506 g/mol. The maximum absolute atomic E-state index is 13.7. The monoisotopic (exact) mass is 505 g/mol. The van der Waals surface area contributed by atoms with Crippen molar-refractivity contribution >= 4 is 45.6 Å². The molecule has 0 aliphatic carbocycles. The van der Waals surface area contributed by atoms with E-state index in [0.29, 0.717) is 25.3 Å². The number of amides is 1. The number of carbonyl (C=O) groups excluding carboxylic acids is 1. The topological polar surface area (TPSA) is 75.3 Å². The lowest BCUT2D eigenvalue weighted by atomic mass is 10.00. The number of nitrogens with zero attached hydrogens (tertiary/aromatic N) is 4. The van der Waals surface area contributed by atoms with Crippen LogP contribution in [0.2, 0.25) is 4.34 Å². The molecule has 1 saturated heterocycles. The van der Waals surface area contributed by atoms with E-state index in [1.165, 1.54) is 16.8 Å². The molecule has 1 atom stereocenters. The van der Waals surface area contributed by atoms with E-state index in [1.807, 2.05) is 47.4 Å². The van der Waals surface area contributed by atoms with Crippen molar-refractivity contribution in [2.24, 2.45) is 0 Å². The van der Waals surface area contributed by atoms with E-state index in [0.717, 1.165) is 46.7 Å². The predicted molar refractivity (Wildman–Crippen MR) is 143 cm³/mol. The number of nitrogens with two attached hydrogens (primary N) is 1. The van der Waals surface area contributed by atoms with Gasteiger partial charge in [-0.25, -0.2) is 9.97 Å². The Hall–Kier alpha value is -3.00. The number of rotatable bonds is 8. The van der Waals surface area contributed by atoms with Gasteiger partial charge in [0.15, 0.2) is 0 Å².